The van der Waals surface area contributed by atoms with Gasteiger partial charge in [-0.15, -0.1) is 5.10 Å². The number of nitrogens with one attached hydrogen (secondary N) is 1. The lowest BCUT2D eigenvalue weighted by atomic mass is 10.1. The van der Waals surface area contributed by atoms with Crippen LogP contribution in [0.5, 0.6) is 0 Å². The van der Waals surface area contributed by atoms with Crippen LogP contribution in [0.4, 0.5) is 0 Å². The predicted octanol–water partition coefficient (Wildman–Crippen LogP) is 2.29. The lowest BCUT2D eigenvalue weighted by Crippen LogP contribution is -2.15. The Hall–Kier alpha value is -1.90. The van der Waals surface area contributed by atoms with Crippen LogP contribution in [0.25, 0.3) is 5.69 Å². The highest BCUT2D eigenvalue weighted by Gasteiger charge is 2.08. The van der Waals surface area contributed by atoms with E-state index >= 15 is 0 Å². The van der Waals surface area contributed by atoms with Crippen molar-refractivity contribution in [2.75, 3.05) is 6.54 Å². The van der Waals surface area contributed by atoms with Gasteiger partial charge in [0.05, 0.1) is 5.69 Å². The van der Waals surface area contributed by atoms with Gasteiger partial charge in [-0.3, -0.25) is 0 Å². The third-order valence-corrected chi connectivity index (χ3v) is 2.86. The zero-order valence-electron chi connectivity index (χ0n) is 10.6. The van der Waals surface area contributed by atoms with Gasteiger partial charge in [0, 0.05) is 11.6 Å². The van der Waals surface area contributed by atoms with Crippen molar-refractivity contribution in [2.24, 2.45) is 0 Å². The zero-order valence-corrected chi connectivity index (χ0v) is 11.4. The van der Waals surface area contributed by atoms with E-state index in [4.69, 9.17) is 16.9 Å². The molecule has 98 valence electrons. The molecule has 0 radical (unpaired) electrons. The first-order valence-electron chi connectivity index (χ1n) is 6.06. The Bertz CT molecular complexity index is 599. The second-order valence-electron chi connectivity index (χ2n) is 4.07. The summed E-state index contributed by atoms with van der Waals surface area (Å²) in [5.41, 5.74) is 1.90. The monoisotopic (exact) mass is 275 g/mol. The van der Waals surface area contributed by atoms with Gasteiger partial charge in [-0.2, -0.15) is 5.26 Å². The maximum Gasteiger partial charge on any atom is 0.252 e. The largest absolute Gasteiger partial charge is 0.313 e. The number of hydrogen-bond donors (Lipinski definition) is 1. The second-order valence-corrected chi connectivity index (χ2v) is 4.51. The molecule has 0 spiro atoms. The van der Waals surface area contributed by atoms with E-state index < -0.39 is 0 Å². The van der Waals surface area contributed by atoms with Crippen molar-refractivity contribution in [3.8, 4) is 11.8 Å². The molecule has 0 saturated heterocycles. The van der Waals surface area contributed by atoms with Crippen molar-refractivity contribution in [3.63, 3.8) is 0 Å². The summed E-state index contributed by atoms with van der Waals surface area (Å²) in [4.78, 5) is 3.91. The summed E-state index contributed by atoms with van der Waals surface area (Å²) in [6, 6.07) is 7.49. The van der Waals surface area contributed by atoms with Gasteiger partial charge >= 0.3 is 0 Å². The van der Waals surface area contributed by atoms with Crippen molar-refractivity contribution in [2.45, 2.75) is 19.9 Å². The minimum Gasteiger partial charge on any atom is -0.313 e. The quantitative estimate of drug-likeness (QED) is 0.850. The van der Waals surface area contributed by atoms with Crippen LogP contribution in [-0.2, 0) is 6.54 Å². The van der Waals surface area contributed by atoms with Crippen LogP contribution < -0.4 is 5.32 Å². The number of benzene rings is 1. The summed E-state index contributed by atoms with van der Waals surface area (Å²) in [6.45, 7) is 3.75. The van der Waals surface area contributed by atoms with Crippen molar-refractivity contribution < 1.29 is 0 Å². The number of halogens is 1. The van der Waals surface area contributed by atoms with E-state index in [1.807, 2.05) is 18.2 Å². The third kappa shape index (κ3) is 3.31. The van der Waals surface area contributed by atoms with Gasteiger partial charge in [-0.25, -0.2) is 9.67 Å². The summed E-state index contributed by atoms with van der Waals surface area (Å²) in [6.07, 6.45) is 2.60. The van der Waals surface area contributed by atoms with Crippen LogP contribution >= 0.6 is 11.6 Å². The van der Waals surface area contributed by atoms with E-state index in [1.165, 1.54) is 6.33 Å². The van der Waals surface area contributed by atoms with Crippen LogP contribution in [0.3, 0.4) is 0 Å². The van der Waals surface area contributed by atoms with Crippen LogP contribution in [0.1, 0.15) is 24.7 Å². The lowest BCUT2D eigenvalue weighted by Gasteiger charge is -2.10. The van der Waals surface area contributed by atoms with Gasteiger partial charge in [0.15, 0.2) is 0 Å². The molecule has 19 heavy (non-hydrogen) atoms. The Balaban J connectivity index is 2.30. The average Bonchev–Trinajstić information content (AvgIpc) is 2.88. The molecule has 1 aromatic carbocycles. The topological polar surface area (TPSA) is 66.5 Å². The van der Waals surface area contributed by atoms with Gasteiger partial charge in [0.1, 0.15) is 12.4 Å². The van der Waals surface area contributed by atoms with Crippen LogP contribution in [0.15, 0.2) is 24.5 Å². The number of nitrogens with zero attached hydrogens (tertiary/aromatic N) is 4. The molecule has 0 amide bonds. The number of nitriles is 1. The minimum absolute atomic E-state index is 0.155. The number of hydrogen-bond acceptors (Lipinski definition) is 4. The van der Waals surface area contributed by atoms with Crippen LogP contribution in [0, 0.1) is 11.3 Å². The molecule has 1 aromatic heterocycles. The summed E-state index contributed by atoms with van der Waals surface area (Å²) >= 11 is 6.02. The summed E-state index contributed by atoms with van der Waals surface area (Å²) < 4.78 is 1.60. The summed E-state index contributed by atoms with van der Waals surface area (Å²) in [5.74, 6) is 0.155. The Morgan fingerprint density at radius 3 is 3.00 bits per heavy atom. The molecule has 0 unspecified atom stereocenters. The maximum atomic E-state index is 8.76. The standard InChI is InChI=1S/C13H14ClN5/c1-2-5-16-8-10-6-11(14)3-4-12(10)19-9-17-13(7-15)18-19/h3-4,6,9,16H,2,5,8H2,1H3. The molecule has 2 aromatic rings. The normalized spacial score (nSPS) is 10.4. The molecule has 0 saturated carbocycles. The second kappa shape index (κ2) is 6.32. The van der Waals surface area contributed by atoms with E-state index in [9.17, 15) is 0 Å². The van der Waals surface area contributed by atoms with Gasteiger partial charge in [-0.05, 0) is 36.7 Å². The van der Waals surface area contributed by atoms with E-state index in [0.29, 0.717) is 11.6 Å². The van der Waals surface area contributed by atoms with Gasteiger partial charge in [0.2, 0.25) is 0 Å². The molecule has 0 bridgehead atoms. The van der Waals surface area contributed by atoms with Crippen LogP contribution in [0.2, 0.25) is 5.02 Å². The maximum absolute atomic E-state index is 8.76. The fourth-order valence-corrected chi connectivity index (χ4v) is 1.94. The Morgan fingerprint density at radius 2 is 2.32 bits per heavy atom. The van der Waals surface area contributed by atoms with Gasteiger partial charge in [0.25, 0.3) is 5.82 Å². The molecule has 1 heterocycles. The predicted molar refractivity (Wildman–Crippen MR) is 73.1 cm³/mol. The Labute approximate surface area is 116 Å². The molecule has 0 aliphatic carbocycles. The van der Waals surface area contributed by atoms with Gasteiger partial charge < -0.3 is 5.32 Å². The number of aromatic nitrogens is 3. The average molecular weight is 276 g/mol. The van der Waals surface area contributed by atoms with Crippen molar-refractivity contribution in [3.05, 3.63) is 40.9 Å². The molecule has 5 nitrogen and oxygen atoms in total. The molecular weight excluding hydrogens is 262 g/mol. The molecule has 0 aliphatic heterocycles. The minimum atomic E-state index is 0.155. The SMILES string of the molecule is CCCNCc1cc(Cl)ccc1-n1cnc(C#N)n1. The van der Waals surface area contributed by atoms with E-state index in [2.05, 4.69) is 22.3 Å². The summed E-state index contributed by atoms with van der Waals surface area (Å²) in [5, 5.41) is 16.9. The zero-order chi connectivity index (χ0) is 13.7. The smallest absolute Gasteiger partial charge is 0.252 e. The molecule has 0 fully saturated rings. The first-order chi connectivity index (χ1) is 9.24. The van der Waals surface area contributed by atoms with Crippen molar-refractivity contribution in [1.29, 1.82) is 5.26 Å². The first-order valence-corrected chi connectivity index (χ1v) is 6.43. The molecule has 6 heteroatoms. The highest BCUT2D eigenvalue weighted by molar-refractivity contribution is 6.30. The van der Waals surface area contributed by atoms with Gasteiger partial charge in [-0.1, -0.05) is 18.5 Å². The molecule has 2 rings (SSSR count). The fourth-order valence-electron chi connectivity index (χ4n) is 1.75. The molecule has 0 atom stereocenters. The molecular formula is C13H14ClN5. The molecule has 0 aliphatic rings. The highest BCUT2D eigenvalue weighted by Crippen LogP contribution is 2.19. The molecule has 1 N–H and O–H groups in total. The fraction of sp³-hybridized carbons (Fsp3) is 0.308. The van der Waals surface area contributed by atoms with Crippen molar-refractivity contribution >= 4 is 11.6 Å². The lowest BCUT2D eigenvalue weighted by molar-refractivity contribution is 0.670. The first kappa shape index (κ1) is 13.5. The van der Waals surface area contributed by atoms with Crippen LogP contribution in [-0.4, -0.2) is 21.3 Å². The highest BCUT2D eigenvalue weighted by atomic mass is 35.5. The Kier molecular flexibility index (Phi) is 4.50. The Morgan fingerprint density at radius 1 is 1.47 bits per heavy atom. The number of rotatable bonds is 5. The van der Waals surface area contributed by atoms with Crippen molar-refractivity contribution in [1.82, 2.24) is 20.1 Å². The van der Waals surface area contributed by atoms with E-state index in [1.54, 1.807) is 10.7 Å². The third-order valence-electron chi connectivity index (χ3n) is 2.62. The van der Waals surface area contributed by atoms with E-state index in [-0.39, 0.29) is 5.82 Å². The summed E-state index contributed by atoms with van der Waals surface area (Å²) in [7, 11) is 0. The van der Waals surface area contributed by atoms with E-state index in [0.717, 1.165) is 24.2 Å².